The summed E-state index contributed by atoms with van der Waals surface area (Å²) in [6.45, 7) is 4.82. The number of nitrogens with zero attached hydrogens (tertiary/aromatic N) is 3. The number of nitrogens with one attached hydrogen (secondary N) is 1. The molecule has 5 rings (SSSR count). The van der Waals surface area contributed by atoms with Crippen LogP contribution in [0.3, 0.4) is 0 Å². The van der Waals surface area contributed by atoms with Gasteiger partial charge in [-0.15, -0.1) is 0 Å². The van der Waals surface area contributed by atoms with E-state index in [2.05, 4.69) is 10.2 Å². The summed E-state index contributed by atoms with van der Waals surface area (Å²) in [6, 6.07) is 20.2. The van der Waals surface area contributed by atoms with E-state index in [9.17, 15) is 22.4 Å². The predicted octanol–water partition coefficient (Wildman–Crippen LogP) is 2.31. The van der Waals surface area contributed by atoms with Crippen LogP contribution in [0.25, 0.3) is 0 Å². The van der Waals surface area contributed by atoms with Gasteiger partial charge < -0.3 is 24.4 Å². The van der Waals surface area contributed by atoms with Crippen LogP contribution in [0.1, 0.15) is 11.1 Å². The van der Waals surface area contributed by atoms with Gasteiger partial charge in [0.15, 0.2) is 6.61 Å². The summed E-state index contributed by atoms with van der Waals surface area (Å²) in [5.74, 6) is -0.870. The highest BCUT2D eigenvalue weighted by Crippen LogP contribution is 2.21. The number of morpholine rings is 2. The molecule has 0 saturated carbocycles. The number of carbonyl (C=O) groups is 2. The van der Waals surface area contributed by atoms with Gasteiger partial charge >= 0.3 is 0 Å². The Morgan fingerprint density at radius 3 is 2.15 bits per heavy atom. The van der Waals surface area contributed by atoms with E-state index in [0.29, 0.717) is 50.8 Å². The molecule has 0 aromatic heterocycles. The van der Waals surface area contributed by atoms with Crippen LogP contribution in [0.15, 0.2) is 83.8 Å². The van der Waals surface area contributed by atoms with E-state index < -0.39 is 34.4 Å². The molecule has 1 N–H and O–H groups in total. The zero-order valence-electron chi connectivity index (χ0n) is 26.3. The highest BCUT2D eigenvalue weighted by Gasteiger charge is 2.31. The van der Waals surface area contributed by atoms with E-state index in [-0.39, 0.29) is 36.9 Å². The average Bonchev–Trinajstić information content (AvgIpc) is 3.11. The SMILES string of the molecule is O=C(NCCN1CCOCC1)[C@@H](Cc1ccccc1)N(Cc1ccc(F)cc1)C(=O)COc1ccc(S(=O)(=O)N2CCOCC2)cc1. The van der Waals surface area contributed by atoms with Crippen LogP contribution in [0.5, 0.6) is 5.75 Å². The standard InChI is InChI=1S/C34H41FN4O7S/c35-29-8-6-28(7-9-29)25-39(32(24-27-4-2-1-3-5-27)34(41)36-14-15-37-16-20-44-21-17-37)33(40)26-46-30-10-12-31(13-11-30)47(42,43)38-18-22-45-23-19-38/h1-13,32H,14-26H2,(H,36,41)/t32-/m1/s1. The highest BCUT2D eigenvalue weighted by atomic mass is 32.2. The van der Waals surface area contributed by atoms with Gasteiger partial charge in [0.1, 0.15) is 17.6 Å². The lowest BCUT2D eigenvalue weighted by molar-refractivity contribution is -0.142. The van der Waals surface area contributed by atoms with Crippen molar-refractivity contribution in [1.82, 2.24) is 19.4 Å². The van der Waals surface area contributed by atoms with Gasteiger partial charge in [-0.25, -0.2) is 12.8 Å². The first-order chi connectivity index (χ1) is 22.8. The maximum absolute atomic E-state index is 13.9. The number of benzene rings is 3. The molecule has 0 spiro atoms. The summed E-state index contributed by atoms with van der Waals surface area (Å²) in [4.78, 5) is 31.5. The summed E-state index contributed by atoms with van der Waals surface area (Å²) < 4.78 is 57.6. The van der Waals surface area contributed by atoms with Crippen LogP contribution in [-0.2, 0) is 42.1 Å². The third-order valence-corrected chi connectivity index (χ3v) is 10.1. The minimum Gasteiger partial charge on any atom is -0.484 e. The third kappa shape index (κ3) is 9.81. The van der Waals surface area contributed by atoms with Crippen molar-refractivity contribution in [2.45, 2.75) is 23.9 Å². The Morgan fingerprint density at radius 1 is 0.851 bits per heavy atom. The maximum Gasteiger partial charge on any atom is 0.261 e. The molecule has 1 atom stereocenters. The summed E-state index contributed by atoms with van der Waals surface area (Å²) in [5, 5.41) is 3.02. The van der Waals surface area contributed by atoms with E-state index in [4.69, 9.17) is 14.2 Å². The molecule has 13 heteroatoms. The molecule has 2 aliphatic heterocycles. The first kappa shape index (κ1) is 34.5. The Kier molecular flexibility index (Phi) is 12.3. The van der Waals surface area contributed by atoms with Gasteiger partial charge in [0.05, 0.1) is 31.3 Å². The van der Waals surface area contributed by atoms with Crippen molar-refractivity contribution in [2.75, 3.05) is 72.3 Å². The number of halogens is 1. The second kappa shape index (κ2) is 16.8. The number of hydrogen-bond donors (Lipinski definition) is 1. The normalized spacial score (nSPS) is 16.7. The van der Waals surface area contributed by atoms with Crippen LogP contribution >= 0.6 is 0 Å². The van der Waals surface area contributed by atoms with Crippen LogP contribution in [-0.4, -0.2) is 113 Å². The highest BCUT2D eigenvalue weighted by molar-refractivity contribution is 7.89. The molecule has 47 heavy (non-hydrogen) atoms. The van der Waals surface area contributed by atoms with E-state index in [1.54, 1.807) is 12.1 Å². The van der Waals surface area contributed by atoms with Gasteiger partial charge in [0, 0.05) is 52.2 Å². The van der Waals surface area contributed by atoms with Crippen LogP contribution in [0, 0.1) is 5.82 Å². The average molecular weight is 669 g/mol. The fourth-order valence-corrected chi connectivity index (χ4v) is 6.90. The van der Waals surface area contributed by atoms with Crippen molar-refractivity contribution in [3.63, 3.8) is 0 Å². The second-order valence-corrected chi connectivity index (χ2v) is 13.3. The Morgan fingerprint density at radius 2 is 1.49 bits per heavy atom. The lowest BCUT2D eigenvalue weighted by Crippen LogP contribution is -2.52. The molecular weight excluding hydrogens is 627 g/mol. The molecule has 3 aromatic carbocycles. The van der Waals surface area contributed by atoms with Crippen molar-refractivity contribution >= 4 is 21.8 Å². The lowest BCUT2D eigenvalue weighted by Gasteiger charge is -2.32. The maximum atomic E-state index is 13.9. The smallest absolute Gasteiger partial charge is 0.261 e. The molecule has 2 saturated heterocycles. The van der Waals surface area contributed by atoms with Gasteiger partial charge in [-0.2, -0.15) is 4.31 Å². The monoisotopic (exact) mass is 668 g/mol. The quantitative estimate of drug-likeness (QED) is 0.278. The van der Waals surface area contributed by atoms with E-state index >= 15 is 0 Å². The van der Waals surface area contributed by atoms with Crippen molar-refractivity contribution in [3.05, 3.63) is 95.8 Å². The fraction of sp³-hybridized carbons (Fsp3) is 0.412. The van der Waals surface area contributed by atoms with Crippen LogP contribution < -0.4 is 10.1 Å². The molecular formula is C34H41FN4O7S. The number of hydrogen-bond acceptors (Lipinski definition) is 8. The molecule has 0 radical (unpaired) electrons. The van der Waals surface area contributed by atoms with Crippen molar-refractivity contribution in [2.24, 2.45) is 0 Å². The molecule has 2 amide bonds. The molecule has 2 fully saturated rings. The molecule has 0 unspecified atom stereocenters. The summed E-state index contributed by atoms with van der Waals surface area (Å²) in [7, 11) is -3.68. The molecule has 2 heterocycles. The molecule has 2 aliphatic rings. The zero-order valence-corrected chi connectivity index (χ0v) is 27.1. The Balaban J connectivity index is 1.32. The topological polar surface area (TPSA) is 118 Å². The fourth-order valence-electron chi connectivity index (χ4n) is 5.49. The Hall–Kier alpha value is -3.88. The largest absolute Gasteiger partial charge is 0.484 e. The molecule has 0 bridgehead atoms. The summed E-state index contributed by atoms with van der Waals surface area (Å²) >= 11 is 0. The van der Waals surface area contributed by atoms with Crippen molar-refractivity contribution in [3.8, 4) is 5.75 Å². The van der Waals surface area contributed by atoms with Gasteiger partial charge in [-0.3, -0.25) is 14.5 Å². The zero-order chi connectivity index (χ0) is 33.1. The predicted molar refractivity (Wildman–Crippen MR) is 173 cm³/mol. The van der Waals surface area contributed by atoms with Crippen LogP contribution in [0.2, 0.25) is 0 Å². The van der Waals surface area contributed by atoms with Crippen molar-refractivity contribution < 1.29 is 36.6 Å². The molecule has 11 nitrogen and oxygen atoms in total. The van der Waals surface area contributed by atoms with Gasteiger partial charge in [-0.05, 0) is 47.5 Å². The first-order valence-electron chi connectivity index (χ1n) is 15.8. The number of sulfonamides is 1. The minimum atomic E-state index is -3.68. The Bertz CT molecular complexity index is 1550. The number of ether oxygens (including phenoxy) is 3. The number of amides is 2. The molecule has 3 aromatic rings. The lowest BCUT2D eigenvalue weighted by atomic mass is 10.0. The van der Waals surface area contributed by atoms with Gasteiger partial charge in [0.2, 0.25) is 15.9 Å². The van der Waals surface area contributed by atoms with Gasteiger partial charge in [0.25, 0.3) is 5.91 Å². The van der Waals surface area contributed by atoms with E-state index in [1.165, 1.54) is 45.6 Å². The first-order valence-corrected chi connectivity index (χ1v) is 17.2. The summed E-state index contributed by atoms with van der Waals surface area (Å²) in [6.07, 6.45) is 0.255. The van der Waals surface area contributed by atoms with E-state index in [0.717, 1.165) is 18.7 Å². The molecule has 0 aliphatic carbocycles. The van der Waals surface area contributed by atoms with Crippen LogP contribution in [0.4, 0.5) is 4.39 Å². The van der Waals surface area contributed by atoms with Gasteiger partial charge in [-0.1, -0.05) is 42.5 Å². The minimum absolute atomic E-state index is 0.0492. The Labute approximate surface area is 275 Å². The van der Waals surface area contributed by atoms with Crippen molar-refractivity contribution in [1.29, 1.82) is 0 Å². The number of rotatable bonds is 14. The summed E-state index contributed by atoms with van der Waals surface area (Å²) in [5.41, 5.74) is 1.52. The van der Waals surface area contributed by atoms with E-state index in [1.807, 2.05) is 30.3 Å². The second-order valence-electron chi connectivity index (χ2n) is 11.4. The number of carbonyl (C=O) groups excluding carboxylic acids is 2. The molecule has 252 valence electrons. The third-order valence-electron chi connectivity index (χ3n) is 8.16.